The number of hydrogen-bond donors (Lipinski definition) is 1. The fraction of sp³-hybridized carbons (Fsp3) is 1.00. The number of thiol groups is 1. The molecule has 0 N–H and O–H groups in total. The molecule has 0 bridgehead atoms. The molecule has 1 saturated heterocycles. The van der Waals surface area contributed by atoms with Gasteiger partial charge in [0.1, 0.15) is 0 Å². The second-order valence-electron chi connectivity index (χ2n) is 5.30. The molecule has 1 unspecified atom stereocenters. The van der Waals surface area contributed by atoms with Gasteiger partial charge in [-0.15, -0.1) is 0 Å². The maximum atomic E-state index is 5.45. The highest BCUT2D eigenvalue weighted by atomic mass is 32.1. The minimum Gasteiger partial charge on any atom is -0.380 e. The minimum absolute atomic E-state index is 0.500. The van der Waals surface area contributed by atoms with Gasteiger partial charge in [-0.25, -0.2) is 0 Å². The topological polar surface area (TPSA) is 12.5 Å². The van der Waals surface area contributed by atoms with Crippen molar-refractivity contribution in [2.24, 2.45) is 5.41 Å². The second-order valence-corrected chi connectivity index (χ2v) is 5.61. The Kier molecular flexibility index (Phi) is 3.97. The molecule has 0 aromatic carbocycles. The van der Waals surface area contributed by atoms with Gasteiger partial charge in [0.15, 0.2) is 0 Å². The normalized spacial score (nSPS) is 30.2. The average Bonchev–Trinajstić information content (AvgIpc) is 2.88. The smallest absolute Gasteiger partial charge is 0.0622 e. The molecule has 15 heavy (non-hydrogen) atoms. The van der Waals surface area contributed by atoms with Crippen molar-refractivity contribution >= 4 is 12.6 Å². The monoisotopic (exact) mass is 229 g/mol. The molecule has 3 heteroatoms. The summed E-state index contributed by atoms with van der Waals surface area (Å²) in [5.74, 6) is 1.05. The first-order valence-electron chi connectivity index (χ1n) is 6.15. The van der Waals surface area contributed by atoms with Gasteiger partial charge in [-0.2, -0.15) is 12.6 Å². The summed E-state index contributed by atoms with van der Waals surface area (Å²) in [6.07, 6.45) is 6.74. The molecule has 0 amide bonds. The van der Waals surface area contributed by atoms with Crippen molar-refractivity contribution in [2.75, 3.05) is 32.6 Å². The van der Waals surface area contributed by atoms with Crippen molar-refractivity contribution in [2.45, 2.75) is 38.1 Å². The Bertz CT molecular complexity index is 198. The number of hydrogen-bond acceptors (Lipinski definition) is 3. The highest BCUT2D eigenvalue weighted by Gasteiger charge is 2.35. The zero-order valence-electron chi connectivity index (χ0n) is 9.74. The molecule has 1 saturated carbocycles. The Labute approximate surface area is 98.8 Å². The lowest BCUT2D eigenvalue weighted by atomic mass is 9.87. The van der Waals surface area contributed by atoms with Crippen molar-refractivity contribution in [3.63, 3.8) is 0 Å². The fourth-order valence-electron chi connectivity index (χ4n) is 3.02. The number of nitrogens with zero attached hydrogens (tertiary/aromatic N) is 1. The third kappa shape index (κ3) is 2.69. The summed E-state index contributed by atoms with van der Waals surface area (Å²) < 4.78 is 5.45. The van der Waals surface area contributed by atoms with Gasteiger partial charge in [0.05, 0.1) is 6.61 Å². The van der Waals surface area contributed by atoms with Crippen molar-refractivity contribution < 1.29 is 4.74 Å². The predicted molar refractivity (Wildman–Crippen MR) is 66.6 cm³/mol. The third-order valence-corrected chi connectivity index (χ3v) is 4.78. The van der Waals surface area contributed by atoms with Crippen LogP contribution in [-0.4, -0.2) is 43.5 Å². The lowest BCUT2D eigenvalue weighted by molar-refractivity contribution is 0.127. The largest absolute Gasteiger partial charge is 0.380 e. The summed E-state index contributed by atoms with van der Waals surface area (Å²) in [6.45, 7) is 3.09. The van der Waals surface area contributed by atoms with Crippen LogP contribution in [0, 0.1) is 5.41 Å². The summed E-state index contributed by atoms with van der Waals surface area (Å²) in [5, 5.41) is 0. The van der Waals surface area contributed by atoms with Crippen LogP contribution >= 0.6 is 12.6 Å². The van der Waals surface area contributed by atoms with Gasteiger partial charge in [-0.1, -0.05) is 12.8 Å². The maximum Gasteiger partial charge on any atom is 0.0622 e. The lowest BCUT2D eigenvalue weighted by Gasteiger charge is -2.34. The molecule has 0 aromatic rings. The molecule has 2 fully saturated rings. The molecule has 1 heterocycles. The number of rotatable bonds is 4. The van der Waals surface area contributed by atoms with Crippen molar-refractivity contribution in [3.8, 4) is 0 Å². The van der Waals surface area contributed by atoms with E-state index >= 15 is 0 Å². The second kappa shape index (κ2) is 5.07. The Morgan fingerprint density at radius 1 is 1.40 bits per heavy atom. The highest BCUT2D eigenvalue weighted by molar-refractivity contribution is 7.80. The molecule has 1 aliphatic heterocycles. The zero-order valence-corrected chi connectivity index (χ0v) is 10.6. The van der Waals surface area contributed by atoms with E-state index in [1.807, 2.05) is 0 Å². The molecule has 2 rings (SSSR count). The Balaban J connectivity index is 1.88. The van der Waals surface area contributed by atoms with Crippen molar-refractivity contribution in [1.29, 1.82) is 0 Å². The average molecular weight is 229 g/mol. The van der Waals surface area contributed by atoms with Crippen LogP contribution in [0.1, 0.15) is 32.1 Å². The van der Waals surface area contributed by atoms with Crippen LogP contribution in [0.15, 0.2) is 0 Å². The SMILES string of the molecule is CN(CC1(CS)CCCC1)C1CCOC1. The van der Waals surface area contributed by atoms with Gasteiger partial charge in [0.25, 0.3) is 0 Å². The van der Waals surface area contributed by atoms with Gasteiger partial charge in [-0.3, -0.25) is 0 Å². The first-order chi connectivity index (χ1) is 7.26. The Hall–Kier alpha value is 0.270. The van der Waals surface area contributed by atoms with Gasteiger partial charge in [-0.05, 0) is 37.5 Å². The molecular formula is C12H23NOS. The Morgan fingerprint density at radius 3 is 2.67 bits per heavy atom. The van der Waals surface area contributed by atoms with Gasteiger partial charge < -0.3 is 9.64 Å². The number of ether oxygens (including phenoxy) is 1. The van der Waals surface area contributed by atoms with Crippen LogP contribution in [0.5, 0.6) is 0 Å². The first-order valence-corrected chi connectivity index (χ1v) is 6.78. The van der Waals surface area contributed by atoms with E-state index < -0.39 is 0 Å². The first kappa shape index (κ1) is 11.7. The quantitative estimate of drug-likeness (QED) is 0.742. The van der Waals surface area contributed by atoms with E-state index in [0.717, 1.165) is 19.0 Å². The number of likely N-dealkylation sites (N-methyl/N-ethyl adjacent to an activating group) is 1. The zero-order chi connectivity index (χ0) is 10.7. The van der Waals surface area contributed by atoms with E-state index in [1.165, 1.54) is 38.6 Å². The van der Waals surface area contributed by atoms with E-state index in [-0.39, 0.29) is 0 Å². The third-order valence-electron chi connectivity index (χ3n) is 4.11. The molecule has 1 aliphatic carbocycles. The summed E-state index contributed by atoms with van der Waals surface area (Å²) in [4.78, 5) is 2.51. The van der Waals surface area contributed by atoms with Crippen LogP contribution in [0.4, 0.5) is 0 Å². The molecule has 0 aromatic heterocycles. The summed E-state index contributed by atoms with van der Waals surface area (Å²) >= 11 is 4.56. The summed E-state index contributed by atoms with van der Waals surface area (Å²) in [5.41, 5.74) is 0.500. The maximum absolute atomic E-state index is 5.45. The molecule has 2 aliphatic rings. The van der Waals surface area contributed by atoms with E-state index in [9.17, 15) is 0 Å². The fourth-order valence-corrected chi connectivity index (χ4v) is 3.44. The Morgan fingerprint density at radius 2 is 2.13 bits per heavy atom. The van der Waals surface area contributed by atoms with E-state index in [0.29, 0.717) is 11.5 Å². The molecule has 88 valence electrons. The van der Waals surface area contributed by atoms with E-state index in [2.05, 4.69) is 24.6 Å². The van der Waals surface area contributed by atoms with Crippen molar-refractivity contribution in [1.82, 2.24) is 4.90 Å². The minimum atomic E-state index is 0.500. The molecule has 1 atom stereocenters. The van der Waals surface area contributed by atoms with Gasteiger partial charge >= 0.3 is 0 Å². The molecular weight excluding hydrogens is 206 g/mol. The van der Waals surface area contributed by atoms with Crippen LogP contribution in [0.3, 0.4) is 0 Å². The van der Waals surface area contributed by atoms with Crippen LogP contribution in [-0.2, 0) is 4.74 Å². The van der Waals surface area contributed by atoms with Crippen LogP contribution < -0.4 is 0 Å². The lowest BCUT2D eigenvalue weighted by Crippen LogP contribution is -2.41. The molecule has 2 nitrogen and oxygen atoms in total. The van der Waals surface area contributed by atoms with Crippen LogP contribution in [0.2, 0.25) is 0 Å². The van der Waals surface area contributed by atoms with E-state index in [4.69, 9.17) is 4.74 Å². The molecule has 0 radical (unpaired) electrons. The summed E-state index contributed by atoms with van der Waals surface area (Å²) in [6, 6.07) is 0.655. The van der Waals surface area contributed by atoms with Crippen LogP contribution in [0.25, 0.3) is 0 Å². The van der Waals surface area contributed by atoms with Crippen molar-refractivity contribution in [3.05, 3.63) is 0 Å². The van der Waals surface area contributed by atoms with E-state index in [1.54, 1.807) is 0 Å². The predicted octanol–water partition coefficient (Wildman–Crippen LogP) is 2.20. The van der Waals surface area contributed by atoms with Gasteiger partial charge in [0.2, 0.25) is 0 Å². The standard InChI is InChI=1S/C12H23NOS/c1-13(11-4-7-14-8-11)9-12(10-15)5-2-3-6-12/h11,15H,2-10H2,1H3. The highest BCUT2D eigenvalue weighted by Crippen LogP contribution is 2.40. The summed E-state index contributed by atoms with van der Waals surface area (Å²) in [7, 11) is 2.25. The molecule has 0 spiro atoms. The van der Waals surface area contributed by atoms with Gasteiger partial charge in [0, 0.05) is 19.2 Å².